The smallest absolute Gasteiger partial charge is 0.329 e. The summed E-state index contributed by atoms with van der Waals surface area (Å²) in [6.07, 6.45) is 0. The molecule has 38 heavy (non-hydrogen) atoms. The first-order valence-electron chi connectivity index (χ1n) is 12.6. The van der Waals surface area contributed by atoms with Gasteiger partial charge in [0.15, 0.2) is 6.61 Å². The summed E-state index contributed by atoms with van der Waals surface area (Å²) in [5.41, 5.74) is 5.43. The summed E-state index contributed by atoms with van der Waals surface area (Å²) < 4.78 is 5.23. The van der Waals surface area contributed by atoms with E-state index in [0.29, 0.717) is 16.3 Å². The van der Waals surface area contributed by atoms with Crippen LogP contribution in [0.1, 0.15) is 46.6 Å². The molecule has 1 aliphatic heterocycles. The van der Waals surface area contributed by atoms with Crippen LogP contribution in [0, 0.1) is 18.8 Å². The van der Waals surface area contributed by atoms with Gasteiger partial charge >= 0.3 is 5.97 Å². The van der Waals surface area contributed by atoms with E-state index in [1.54, 1.807) is 25.1 Å². The van der Waals surface area contributed by atoms with E-state index in [-0.39, 0.29) is 23.7 Å². The van der Waals surface area contributed by atoms with Crippen LogP contribution in [0.15, 0.2) is 66.7 Å². The number of amides is 3. The van der Waals surface area contributed by atoms with Crippen molar-refractivity contribution >= 4 is 41.0 Å². The van der Waals surface area contributed by atoms with Crippen molar-refractivity contribution in [1.29, 1.82) is 0 Å². The number of halogens is 1. The van der Waals surface area contributed by atoms with Crippen LogP contribution in [0.5, 0.6) is 0 Å². The Morgan fingerprint density at radius 2 is 1.37 bits per heavy atom. The summed E-state index contributed by atoms with van der Waals surface area (Å²) >= 11 is 6.10. The van der Waals surface area contributed by atoms with Crippen LogP contribution in [0.3, 0.4) is 0 Å². The van der Waals surface area contributed by atoms with Gasteiger partial charge in [-0.25, -0.2) is 4.79 Å². The number of carbonyl (C=O) groups excluding carboxylic acids is 4. The van der Waals surface area contributed by atoms with E-state index in [2.05, 4.69) is 5.32 Å². The predicted octanol–water partition coefficient (Wildman–Crippen LogP) is 4.41. The van der Waals surface area contributed by atoms with Crippen molar-refractivity contribution in [2.75, 3.05) is 11.9 Å². The zero-order chi connectivity index (χ0) is 26.7. The SMILES string of the molecule is Cc1c(Cl)cccc1NC(=O)COC(=O)[C@@H](C)N1C(=O)[C@@H]2C3c4ccccc4C(c4ccccc43)[C@@H]2C1=O. The van der Waals surface area contributed by atoms with E-state index in [1.165, 1.54) is 6.92 Å². The number of hydrogen-bond acceptors (Lipinski definition) is 5. The van der Waals surface area contributed by atoms with E-state index in [4.69, 9.17) is 16.3 Å². The molecule has 4 aliphatic rings. The zero-order valence-corrected chi connectivity index (χ0v) is 21.6. The van der Waals surface area contributed by atoms with Crippen molar-refractivity contribution in [3.05, 3.63) is 99.6 Å². The van der Waals surface area contributed by atoms with E-state index >= 15 is 0 Å². The number of imide groups is 1. The Labute approximate surface area is 224 Å². The van der Waals surface area contributed by atoms with Gasteiger partial charge in [0.2, 0.25) is 11.8 Å². The van der Waals surface area contributed by atoms with Gasteiger partial charge in [0.05, 0.1) is 11.8 Å². The molecule has 7 nitrogen and oxygen atoms in total. The highest BCUT2D eigenvalue weighted by Crippen LogP contribution is 2.61. The molecule has 3 amide bonds. The van der Waals surface area contributed by atoms with Gasteiger partial charge in [-0.05, 0) is 53.8 Å². The summed E-state index contributed by atoms with van der Waals surface area (Å²) in [5, 5.41) is 3.16. The number of carbonyl (C=O) groups is 4. The molecule has 7 rings (SSSR count). The second-order valence-corrected chi connectivity index (χ2v) is 10.5. The topological polar surface area (TPSA) is 92.8 Å². The molecule has 2 bridgehead atoms. The van der Waals surface area contributed by atoms with Crippen molar-refractivity contribution in [3.8, 4) is 0 Å². The van der Waals surface area contributed by atoms with Crippen LogP contribution < -0.4 is 5.32 Å². The van der Waals surface area contributed by atoms with Crippen molar-refractivity contribution in [1.82, 2.24) is 4.90 Å². The number of nitrogens with one attached hydrogen (secondary N) is 1. The standard InChI is InChI=1S/C30H25ClN2O5/c1-15-21(31)12-7-13-22(15)32-23(34)14-38-30(37)16(2)33-28(35)26-24-17-8-3-4-9-18(17)25(27(26)29(33)36)20-11-6-5-10-19(20)24/h3-13,16,24-27H,14H2,1-2H3,(H,32,34)/t16-,24?,25?,26-,27+/m1/s1. The lowest BCUT2D eigenvalue weighted by molar-refractivity contribution is -0.159. The fourth-order valence-corrected chi connectivity index (χ4v) is 6.55. The molecule has 3 atom stereocenters. The molecule has 0 radical (unpaired) electrons. The average molecular weight is 529 g/mol. The quantitative estimate of drug-likeness (QED) is 0.391. The van der Waals surface area contributed by atoms with E-state index in [0.717, 1.165) is 27.2 Å². The largest absolute Gasteiger partial charge is 0.454 e. The van der Waals surface area contributed by atoms with Crippen LogP contribution >= 0.6 is 11.6 Å². The third kappa shape index (κ3) is 3.56. The fourth-order valence-electron chi connectivity index (χ4n) is 6.37. The number of ether oxygens (including phenoxy) is 1. The lowest BCUT2D eigenvalue weighted by Gasteiger charge is -2.45. The van der Waals surface area contributed by atoms with E-state index in [1.807, 2.05) is 48.5 Å². The second-order valence-electron chi connectivity index (χ2n) is 10.1. The minimum absolute atomic E-state index is 0.256. The van der Waals surface area contributed by atoms with Gasteiger partial charge in [-0.2, -0.15) is 0 Å². The van der Waals surface area contributed by atoms with Gasteiger partial charge in [0.1, 0.15) is 6.04 Å². The molecule has 3 aliphatic carbocycles. The van der Waals surface area contributed by atoms with Crippen LogP contribution in [0.2, 0.25) is 5.02 Å². The molecule has 1 N–H and O–H groups in total. The molecule has 0 unspecified atom stereocenters. The Morgan fingerprint density at radius 3 is 1.87 bits per heavy atom. The lowest BCUT2D eigenvalue weighted by atomic mass is 9.55. The first-order valence-corrected chi connectivity index (χ1v) is 12.9. The number of nitrogens with zero attached hydrogens (tertiary/aromatic N) is 1. The van der Waals surface area contributed by atoms with Crippen LogP contribution in [-0.2, 0) is 23.9 Å². The van der Waals surface area contributed by atoms with E-state index in [9.17, 15) is 19.2 Å². The Hall–Kier alpha value is -3.97. The van der Waals surface area contributed by atoms with Gasteiger partial charge in [-0.3, -0.25) is 19.3 Å². The third-order valence-electron chi connectivity index (χ3n) is 8.10. The van der Waals surface area contributed by atoms with Crippen molar-refractivity contribution in [2.24, 2.45) is 11.8 Å². The number of hydrogen-bond donors (Lipinski definition) is 1. The van der Waals surface area contributed by atoms with Crippen molar-refractivity contribution in [3.63, 3.8) is 0 Å². The third-order valence-corrected chi connectivity index (χ3v) is 8.51. The molecule has 8 heteroatoms. The summed E-state index contributed by atoms with van der Waals surface area (Å²) in [7, 11) is 0. The number of esters is 1. The summed E-state index contributed by atoms with van der Waals surface area (Å²) in [6, 6.07) is 19.8. The Balaban J connectivity index is 1.21. The molecule has 1 fully saturated rings. The highest BCUT2D eigenvalue weighted by molar-refractivity contribution is 6.31. The molecule has 3 aromatic carbocycles. The van der Waals surface area contributed by atoms with Gasteiger partial charge in [0.25, 0.3) is 5.91 Å². The first kappa shape index (κ1) is 24.4. The molecule has 192 valence electrons. The average Bonchev–Trinajstić information content (AvgIpc) is 3.19. The monoisotopic (exact) mass is 528 g/mol. The van der Waals surface area contributed by atoms with Gasteiger partial charge < -0.3 is 10.1 Å². The Morgan fingerprint density at radius 1 is 0.868 bits per heavy atom. The molecule has 3 aromatic rings. The van der Waals surface area contributed by atoms with Gasteiger partial charge in [-0.15, -0.1) is 0 Å². The predicted molar refractivity (Wildman–Crippen MR) is 141 cm³/mol. The first-order chi connectivity index (χ1) is 18.3. The number of anilines is 1. The zero-order valence-electron chi connectivity index (χ0n) is 20.8. The molecule has 0 saturated carbocycles. The van der Waals surface area contributed by atoms with Crippen LogP contribution in [0.25, 0.3) is 0 Å². The molecule has 0 spiro atoms. The Bertz CT molecular complexity index is 1400. The molecule has 1 saturated heterocycles. The number of rotatable bonds is 5. The summed E-state index contributed by atoms with van der Waals surface area (Å²) in [6.45, 7) is 2.68. The molecule has 1 heterocycles. The van der Waals surface area contributed by atoms with Crippen LogP contribution in [0.4, 0.5) is 5.69 Å². The van der Waals surface area contributed by atoms with Crippen molar-refractivity contribution < 1.29 is 23.9 Å². The van der Waals surface area contributed by atoms with Crippen LogP contribution in [-0.4, -0.2) is 41.2 Å². The highest BCUT2D eigenvalue weighted by atomic mass is 35.5. The fraction of sp³-hybridized carbons (Fsp3) is 0.267. The molecular formula is C30H25ClN2O5. The van der Waals surface area contributed by atoms with Crippen molar-refractivity contribution in [2.45, 2.75) is 31.7 Å². The Kier molecular flexibility index (Phi) is 5.83. The lowest BCUT2D eigenvalue weighted by Crippen LogP contribution is -2.45. The maximum absolute atomic E-state index is 13.8. The number of benzene rings is 3. The normalized spacial score (nSPS) is 23.4. The molecule has 0 aromatic heterocycles. The molecular weight excluding hydrogens is 504 g/mol. The second kappa shape index (κ2) is 9.10. The maximum Gasteiger partial charge on any atom is 0.329 e. The highest BCUT2D eigenvalue weighted by Gasteiger charge is 2.62. The van der Waals surface area contributed by atoms with Gasteiger partial charge in [-0.1, -0.05) is 66.2 Å². The van der Waals surface area contributed by atoms with E-state index < -0.39 is 36.4 Å². The number of likely N-dealkylation sites (tertiary alicyclic amines) is 1. The summed E-state index contributed by atoms with van der Waals surface area (Å²) in [5.74, 6) is -3.78. The minimum Gasteiger partial charge on any atom is -0.454 e. The summed E-state index contributed by atoms with van der Waals surface area (Å²) in [4.78, 5) is 53.9. The van der Waals surface area contributed by atoms with Gasteiger partial charge in [0, 0.05) is 22.5 Å². The maximum atomic E-state index is 13.8. The minimum atomic E-state index is -1.16.